The molecule has 0 fully saturated rings. The van der Waals surface area contributed by atoms with Gasteiger partial charge >= 0.3 is 0 Å². The van der Waals surface area contributed by atoms with Gasteiger partial charge in [0.15, 0.2) is 17.8 Å². The van der Waals surface area contributed by atoms with Crippen molar-refractivity contribution in [3.05, 3.63) is 58.4 Å². The van der Waals surface area contributed by atoms with Gasteiger partial charge in [-0.2, -0.15) is 0 Å². The second-order valence-corrected chi connectivity index (χ2v) is 4.69. The first kappa shape index (κ1) is 15.3. The van der Waals surface area contributed by atoms with Crippen molar-refractivity contribution in [3.63, 3.8) is 0 Å². The average Bonchev–Trinajstić information content (AvgIpc) is 2.49. The van der Waals surface area contributed by atoms with E-state index in [9.17, 15) is 9.18 Å². The zero-order chi connectivity index (χ0) is 15.2. The van der Waals surface area contributed by atoms with E-state index in [1.807, 2.05) is 6.92 Å². The average molecular weight is 309 g/mol. The zero-order valence-electron chi connectivity index (χ0n) is 11.4. The third kappa shape index (κ3) is 3.73. The largest absolute Gasteiger partial charge is 0.490 e. The number of aldehydes is 1. The lowest BCUT2D eigenvalue weighted by molar-refractivity contribution is 0.111. The summed E-state index contributed by atoms with van der Waals surface area (Å²) in [6.07, 6.45) is 0.673. The molecule has 2 aromatic carbocycles. The molecular weight excluding hydrogens is 295 g/mol. The van der Waals surface area contributed by atoms with E-state index < -0.39 is 5.82 Å². The first-order valence-corrected chi connectivity index (χ1v) is 6.81. The number of hydrogen-bond donors (Lipinski definition) is 0. The summed E-state index contributed by atoms with van der Waals surface area (Å²) in [7, 11) is 0. The van der Waals surface area contributed by atoms with Crippen LogP contribution < -0.4 is 9.47 Å². The lowest BCUT2D eigenvalue weighted by atomic mass is 10.2. The van der Waals surface area contributed by atoms with Crippen molar-refractivity contribution in [1.82, 2.24) is 0 Å². The first-order chi connectivity index (χ1) is 10.2. The Balaban J connectivity index is 2.26. The molecule has 0 saturated carbocycles. The number of para-hydroxylation sites is 1. The maximum absolute atomic E-state index is 13.7. The van der Waals surface area contributed by atoms with Crippen molar-refractivity contribution in [3.8, 4) is 11.5 Å². The van der Waals surface area contributed by atoms with E-state index in [2.05, 4.69) is 0 Å². The normalized spacial score (nSPS) is 10.2. The highest BCUT2D eigenvalue weighted by molar-refractivity contribution is 6.30. The monoisotopic (exact) mass is 308 g/mol. The lowest BCUT2D eigenvalue weighted by Crippen LogP contribution is -2.03. The quantitative estimate of drug-likeness (QED) is 0.748. The Bertz CT molecular complexity index is 643. The van der Waals surface area contributed by atoms with Crippen LogP contribution in [0.25, 0.3) is 0 Å². The summed E-state index contributed by atoms with van der Waals surface area (Å²) in [4.78, 5) is 11.1. The lowest BCUT2D eigenvalue weighted by Gasteiger charge is -2.14. The number of hydrogen-bond acceptors (Lipinski definition) is 3. The fourth-order valence-corrected chi connectivity index (χ4v) is 2.05. The SMILES string of the molecule is CCOc1cccc(C=O)c1OCc1cc(Cl)ccc1F. The third-order valence-electron chi connectivity index (χ3n) is 2.82. The van der Waals surface area contributed by atoms with Gasteiger partial charge in [-0.05, 0) is 37.3 Å². The minimum absolute atomic E-state index is 0.0443. The van der Waals surface area contributed by atoms with Gasteiger partial charge in [-0.25, -0.2) is 4.39 Å². The van der Waals surface area contributed by atoms with Crippen molar-refractivity contribution < 1.29 is 18.7 Å². The molecule has 0 radical (unpaired) electrons. The number of rotatable bonds is 6. The molecule has 2 rings (SSSR count). The summed E-state index contributed by atoms with van der Waals surface area (Å²) < 4.78 is 24.7. The smallest absolute Gasteiger partial charge is 0.172 e. The van der Waals surface area contributed by atoms with Gasteiger partial charge in [0.25, 0.3) is 0 Å². The number of benzene rings is 2. The number of carbonyl (C=O) groups excluding carboxylic acids is 1. The van der Waals surface area contributed by atoms with Crippen LogP contribution in [0.15, 0.2) is 36.4 Å². The van der Waals surface area contributed by atoms with Crippen LogP contribution in [0.1, 0.15) is 22.8 Å². The Morgan fingerprint density at radius 1 is 1.24 bits per heavy atom. The van der Waals surface area contributed by atoms with Gasteiger partial charge in [0, 0.05) is 10.6 Å². The van der Waals surface area contributed by atoms with E-state index >= 15 is 0 Å². The molecule has 110 valence electrons. The molecule has 0 aromatic heterocycles. The predicted molar refractivity (Wildman–Crippen MR) is 78.7 cm³/mol. The van der Waals surface area contributed by atoms with Crippen LogP contribution in [-0.2, 0) is 6.61 Å². The Hall–Kier alpha value is -2.07. The topological polar surface area (TPSA) is 35.5 Å². The molecule has 3 nitrogen and oxygen atoms in total. The summed E-state index contributed by atoms with van der Waals surface area (Å²) in [5, 5.41) is 0.420. The number of carbonyl (C=O) groups is 1. The molecule has 0 unspecified atom stereocenters. The molecule has 0 heterocycles. The molecule has 0 aliphatic carbocycles. The van der Waals surface area contributed by atoms with Gasteiger partial charge in [0.1, 0.15) is 12.4 Å². The Morgan fingerprint density at radius 3 is 2.76 bits per heavy atom. The second kappa shape index (κ2) is 7.09. The molecule has 0 aliphatic heterocycles. The van der Waals surface area contributed by atoms with Crippen molar-refractivity contribution in [2.75, 3.05) is 6.61 Å². The molecule has 0 bridgehead atoms. The fraction of sp³-hybridized carbons (Fsp3) is 0.188. The zero-order valence-corrected chi connectivity index (χ0v) is 12.2. The molecule has 0 amide bonds. The van der Waals surface area contributed by atoms with E-state index in [0.717, 1.165) is 0 Å². The summed E-state index contributed by atoms with van der Waals surface area (Å²) in [6, 6.07) is 9.23. The maximum Gasteiger partial charge on any atom is 0.172 e. The predicted octanol–water partition coefficient (Wildman–Crippen LogP) is 4.27. The van der Waals surface area contributed by atoms with Gasteiger partial charge in [0.05, 0.1) is 12.2 Å². The molecular formula is C16H14ClFO3. The van der Waals surface area contributed by atoms with E-state index in [4.69, 9.17) is 21.1 Å². The Morgan fingerprint density at radius 2 is 2.05 bits per heavy atom. The first-order valence-electron chi connectivity index (χ1n) is 6.43. The third-order valence-corrected chi connectivity index (χ3v) is 3.05. The Labute approximate surface area is 127 Å². The molecule has 0 aliphatic rings. The molecule has 0 N–H and O–H groups in total. The molecule has 0 saturated heterocycles. The molecule has 0 atom stereocenters. The molecule has 21 heavy (non-hydrogen) atoms. The number of ether oxygens (including phenoxy) is 2. The van der Waals surface area contributed by atoms with E-state index in [1.54, 1.807) is 18.2 Å². The molecule has 5 heteroatoms. The van der Waals surface area contributed by atoms with Crippen LogP contribution in [0, 0.1) is 5.82 Å². The second-order valence-electron chi connectivity index (χ2n) is 4.25. The Kier molecular flexibility index (Phi) is 5.17. The van der Waals surface area contributed by atoms with Gasteiger partial charge < -0.3 is 9.47 Å². The van der Waals surface area contributed by atoms with Crippen molar-refractivity contribution in [2.45, 2.75) is 13.5 Å². The van der Waals surface area contributed by atoms with Crippen LogP contribution in [0.2, 0.25) is 5.02 Å². The van der Waals surface area contributed by atoms with Crippen molar-refractivity contribution in [1.29, 1.82) is 0 Å². The standard InChI is InChI=1S/C16H14ClFO3/c1-2-20-15-5-3-4-11(9-19)16(15)21-10-12-8-13(17)6-7-14(12)18/h3-9H,2,10H2,1H3. The maximum atomic E-state index is 13.7. The molecule has 2 aromatic rings. The molecule has 0 spiro atoms. The van der Waals surface area contributed by atoms with Crippen LogP contribution in [0.4, 0.5) is 4.39 Å². The minimum Gasteiger partial charge on any atom is -0.490 e. The summed E-state index contributed by atoms with van der Waals surface area (Å²) in [5.74, 6) is 0.333. The number of halogens is 2. The highest BCUT2D eigenvalue weighted by Gasteiger charge is 2.12. The minimum atomic E-state index is -0.416. The van der Waals surface area contributed by atoms with Gasteiger partial charge in [-0.15, -0.1) is 0 Å². The highest BCUT2D eigenvalue weighted by atomic mass is 35.5. The van der Waals surface area contributed by atoms with Crippen LogP contribution >= 0.6 is 11.6 Å². The van der Waals surface area contributed by atoms with Gasteiger partial charge in [0.2, 0.25) is 0 Å². The summed E-state index contributed by atoms with van der Waals surface area (Å²) in [5.41, 5.74) is 0.661. The van der Waals surface area contributed by atoms with E-state index in [-0.39, 0.29) is 6.61 Å². The summed E-state index contributed by atoms with van der Waals surface area (Å²) >= 11 is 5.84. The summed E-state index contributed by atoms with van der Waals surface area (Å²) in [6.45, 7) is 2.22. The van der Waals surface area contributed by atoms with Crippen LogP contribution in [0.5, 0.6) is 11.5 Å². The highest BCUT2D eigenvalue weighted by Crippen LogP contribution is 2.31. The van der Waals surface area contributed by atoms with E-state index in [1.165, 1.54) is 18.2 Å². The van der Waals surface area contributed by atoms with Crippen LogP contribution in [0.3, 0.4) is 0 Å². The fourth-order valence-electron chi connectivity index (χ4n) is 1.85. The van der Waals surface area contributed by atoms with Crippen molar-refractivity contribution in [2.24, 2.45) is 0 Å². The van der Waals surface area contributed by atoms with Crippen LogP contribution in [-0.4, -0.2) is 12.9 Å². The van der Waals surface area contributed by atoms with Gasteiger partial charge in [-0.1, -0.05) is 17.7 Å². The van der Waals surface area contributed by atoms with E-state index in [0.29, 0.717) is 40.5 Å². The van der Waals surface area contributed by atoms with Crippen molar-refractivity contribution >= 4 is 17.9 Å². The van der Waals surface area contributed by atoms with Gasteiger partial charge in [-0.3, -0.25) is 4.79 Å².